The molecule has 1 atom stereocenters. The summed E-state index contributed by atoms with van der Waals surface area (Å²) in [5.74, 6) is 0.645. The van der Waals surface area contributed by atoms with Gasteiger partial charge in [-0.3, -0.25) is 4.79 Å². The number of anilines is 1. The van der Waals surface area contributed by atoms with Gasteiger partial charge in [-0.2, -0.15) is 0 Å². The molecule has 2 aromatic carbocycles. The first-order valence-corrected chi connectivity index (χ1v) is 8.48. The van der Waals surface area contributed by atoms with Gasteiger partial charge in [-0.05, 0) is 61.4 Å². The molecule has 1 aliphatic rings. The summed E-state index contributed by atoms with van der Waals surface area (Å²) in [4.78, 5) is 26.9. The summed E-state index contributed by atoms with van der Waals surface area (Å²) in [5, 5.41) is 3.43. The van der Waals surface area contributed by atoms with Gasteiger partial charge in [-0.15, -0.1) is 0 Å². The van der Waals surface area contributed by atoms with Gasteiger partial charge in [0.05, 0.1) is 13.2 Å². The normalized spacial score (nSPS) is 16.6. The summed E-state index contributed by atoms with van der Waals surface area (Å²) in [5.41, 5.74) is 1.23. The highest BCUT2D eigenvalue weighted by atomic mass is 35.5. The van der Waals surface area contributed by atoms with Crippen molar-refractivity contribution in [3.63, 3.8) is 0 Å². The molecule has 3 rings (SSSR count). The monoisotopic (exact) mass is 358 g/mol. The molecule has 130 valence electrons. The number of halogens is 1. The van der Waals surface area contributed by atoms with Crippen LogP contribution in [0.1, 0.15) is 23.2 Å². The van der Waals surface area contributed by atoms with Gasteiger partial charge in [-0.1, -0.05) is 11.6 Å². The molecule has 1 N–H and O–H groups in total. The van der Waals surface area contributed by atoms with Gasteiger partial charge in [-0.25, -0.2) is 4.79 Å². The summed E-state index contributed by atoms with van der Waals surface area (Å²) >= 11 is 5.85. The predicted octanol–water partition coefficient (Wildman–Crippen LogP) is 4.23. The summed E-state index contributed by atoms with van der Waals surface area (Å²) in [6.45, 7) is 0.561. The maximum Gasteiger partial charge on any atom is 0.322 e. The number of Topliss-reactive ketones (excluding diaryl/α,β-unsaturated/α-hetero) is 1. The second-order valence-corrected chi connectivity index (χ2v) is 6.32. The smallest absolute Gasteiger partial charge is 0.322 e. The summed E-state index contributed by atoms with van der Waals surface area (Å²) in [7, 11) is 1.58. The van der Waals surface area contributed by atoms with E-state index in [4.69, 9.17) is 16.3 Å². The number of ketones is 1. The van der Waals surface area contributed by atoms with Crippen LogP contribution in [-0.4, -0.2) is 36.4 Å². The number of hydrogen-bond donors (Lipinski definition) is 1. The highest BCUT2D eigenvalue weighted by Crippen LogP contribution is 2.24. The fraction of sp³-hybridized carbons (Fsp3) is 0.263. The molecule has 6 heteroatoms. The number of rotatable bonds is 4. The van der Waals surface area contributed by atoms with Crippen molar-refractivity contribution in [2.75, 3.05) is 19.0 Å². The Morgan fingerprint density at radius 1 is 1.12 bits per heavy atom. The predicted molar refractivity (Wildman–Crippen MR) is 97.5 cm³/mol. The molecule has 1 saturated heterocycles. The number of likely N-dealkylation sites (tertiary alicyclic amines) is 1. The first-order valence-electron chi connectivity index (χ1n) is 8.10. The number of nitrogens with one attached hydrogen (secondary N) is 1. The van der Waals surface area contributed by atoms with E-state index >= 15 is 0 Å². The molecule has 2 aromatic rings. The van der Waals surface area contributed by atoms with Crippen molar-refractivity contribution < 1.29 is 14.3 Å². The zero-order chi connectivity index (χ0) is 17.8. The number of methoxy groups -OCH3 is 1. The van der Waals surface area contributed by atoms with E-state index in [9.17, 15) is 9.59 Å². The lowest BCUT2D eigenvalue weighted by Gasteiger charge is -2.24. The van der Waals surface area contributed by atoms with Crippen LogP contribution in [0.3, 0.4) is 0 Å². The molecule has 0 aromatic heterocycles. The summed E-state index contributed by atoms with van der Waals surface area (Å²) < 4.78 is 5.11. The van der Waals surface area contributed by atoms with Crippen LogP contribution in [0.2, 0.25) is 5.02 Å². The van der Waals surface area contributed by atoms with Crippen molar-refractivity contribution >= 4 is 29.1 Å². The van der Waals surface area contributed by atoms with Gasteiger partial charge in [0.1, 0.15) is 5.75 Å². The minimum Gasteiger partial charge on any atom is -0.497 e. The lowest BCUT2D eigenvalue weighted by Crippen LogP contribution is -2.42. The first-order chi connectivity index (χ1) is 12.1. The van der Waals surface area contributed by atoms with E-state index in [-0.39, 0.29) is 11.8 Å². The maximum atomic E-state index is 12.8. The third-order valence-corrected chi connectivity index (χ3v) is 4.54. The summed E-state index contributed by atoms with van der Waals surface area (Å²) in [6.07, 6.45) is 1.47. The highest BCUT2D eigenvalue weighted by Gasteiger charge is 2.34. The zero-order valence-corrected chi connectivity index (χ0v) is 14.6. The lowest BCUT2D eigenvalue weighted by molar-refractivity contribution is 0.0893. The molecule has 0 spiro atoms. The van der Waals surface area contributed by atoms with Crippen LogP contribution in [0.25, 0.3) is 0 Å². The molecular formula is C19H19ClN2O3. The maximum absolute atomic E-state index is 12.8. The molecule has 0 aliphatic carbocycles. The minimum absolute atomic E-state index is 0.0496. The van der Waals surface area contributed by atoms with Crippen LogP contribution >= 0.6 is 11.6 Å². The summed E-state index contributed by atoms with van der Waals surface area (Å²) in [6, 6.07) is 13.1. The Morgan fingerprint density at radius 3 is 2.44 bits per heavy atom. The van der Waals surface area contributed by atoms with E-state index in [1.165, 1.54) is 0 Å². The number of benzene rings is 2. The molecule has 25 heavy (non-hydrogen) atoms. The quantitative estimate of drug-likeness (QED) is 0.832. The number of nitrogens with zero attached hydrogens (tertiary/aromatic N) is 1. The van der Waals surface area contributed by atoms with Crippen LogP contribution in [0.5, 0.6) is 5.75 Å². The number of carbonyl (C=O) groups excluding carboxylic acids is 2. The van der Waals surface area contributed by atoms with Crippen molar-refractivity contribution in [1.82, 2.24) is 4.90 Å². The van der Waals surface area contributed by atoms with E-state index < -0.39 is 6.04 Å². The van der Waals surface area contributed by atoms with E-state index in [0.717, 1.165) is 6.42 Å². The van der Waals surface area contributed by atoms with Crippen molar-refractivity contribution in [1.29, 1.82) is 0 Å². The third-order valence-electron chi connectivity index (χ3n) is 4.29. The molecule has 1 unspecified atom stereocenters. The molecule has 2 amide bonds. The molecule has 0 bridgehead atoms. The highest BCUT2D eigenvalue weighted by molar-refractivity contribution is 6.30. The Labute approximate surface area is 151 Å². The SMILES string of the molecule is COc1ccc(C(=O)C2CCCN2C(=O)Nc2ccc(Cl)cc2)cc1. The topological polar surface area (TPSA) is 58.6 Å². The Kier molecular flexibility index (Phi) is 5.24. The molecule has 5 nitrogen and oxygen atoms in total. The minimum atomic E-state index is -0.444. The average molecular weight is 359 g/mol. The van der Waals surface area contributed by atoms with Gasteiger partial charge in [0.25, 0.3) is 0 Å². The number of urea groups is 1. The van der Waals surface area contributed by atoms with Crippen molar-refractivity contribution in [3.05, 3.63) is 59.1 Å². The van der Waals surface area contributed by atoms with Gasteiger partial charge >= 0.3 is 6.03 Å². The lowest BCUT2D eigenvalue weighted by atomic mass is 10.0. The van der Waals surface area contributed by atoms with Gasteiger partial charge in [0, 0.05) is 22.8 Å². The number of carbonyl (C=O) groups is 2. The van der Waals surface area contributed by atoms with Gasteiger partial charge in [0.15, 0.2) is 5.78 Å². The Morgan fingerprint density at radius 2 is 1.80 bits per heavy atom. The molecular weight excluding hydrogens is 340 g/mol. The van der Waals surface area contributed by atoms with Crippen LogP contribution in [0, 0.1) is 0 Å². The Hall–Kier alpha value is -2.53. The Bertz CT molecular complexity index is 759. The van der Waals surface area contributed by atoms with E-state index in [1.807, 2.05) is 0 Å². The molecule has 1 aliphatic heterocycles. The number of ether oxygens (including phenoxy) is 1. The zero-order valence-electron chi connectivity index (χ0n) is 13.9. The largest absolute Gasteiger partial charge is 0.497 e. The molecule has 0 saturated carbocycles. The fourth-order valence-electron chi connectivity index (χ4n) is 2.96. The first kappa shape index (κ1) is 17.3. The number of hydrogen-bond acceptors (Lipinski definition) is 3. The van der Waals surface area contributed by atoms with Crippen LogP contribution in [-0.2, 0) is 0 Å². The van der Waals surface area contributed by atoms with Crippen molar-refractivity contribution in [3.8, 4) is 5.75 Å². The van der Waals surface area contributed by atoms with E-state index in [0.29, 0.717) is 35.0 Å². The molecule has 1 heterocycles. The van der Waals surface area contributed by atoms with Crippen molar-refractivity contribution in [2.45, 2.75) is 18.9 Å². The van der Waals surface area contributed by atoms with Crippen LogP contribution in [0.4, 0.5) is 10.5 Å². The van der Waals surface area contributed by atoms with E-state index in [1.54, 1.807) is 60.5 Å². The Balaban J connectivity index is 1.71. The van der Waals surface area contributed by atoms with Crippen LogP contribution in [0.15, 0.2) is 48.5 Å². The van der Waals surface area contributed by atoms with Gasteiger partial charge in [0.2, 0.25) is 0 Å². The third kappa shape index (κ3) is 3.94. The molecule has 1 fully saturated rings. The van der Waals surface area contributed by atoms with E-state index in [2.05, 4.69) is 5.32 Å². The number of amides is 2. The van der Waals surface area contributed by atoms with Crippen molar-refractivity contribution in [2.24, 2.45) is 0 Å². The van der Waals surface area contributed by atoms with Crippen LogP contribution < -0.4 is 10.1 Å². The molecule has 0 radical (unpaired) electrons. The standard InChI is InChI=1S/C19H19ClN2O3/c1-25-16-10-4-13(5-11-16)18(23)17-3-2-12-22(17)19(24)21-15-8-6-14(20)7-9-15/h4-11,17H,2-3,12H2,1H3,(H,21,24). The second-order valence-electron chi connectivity index (χ2n) is 5.88. The van der Waals surface area contributed by atoms with Gasteiger partial charge < -0.3 is 15.0 Å². The fourth-order valence-corrected chi connectivity index (χ4v) is 3.08. The average Bonchev–Trinajstić information content (AvgIpc) is 3.13. The second kappa shape index (κ2) is 7.57.